The summed E-state index contributed by atoms with van der Waals surface area (Å²) in [6.07, 6.45) is 6.20. The highest BCUT2D eigenvalue weighted by molar-refractivity contribution is 7.90. The molecule has 1 aliphatic carbocycles. The van der Waals surface area contributed by atoms with E-state index < -0.39 is 10.0 Å². The molecule has 1 amide bonds. The Hall–Kier alpha value is -1.93. The first kappa shape index (κ1) is 20.8. The number of amides is 1. The molecule has 1 heterocycles. The highest BCUT2D eigenvalue weighted by Crippen LogP contribution is 2.25. The third-order valence-corrected chi connectivity index (χ3v) is 6.72. The number of amidine groups is 1. The number of rotatable bonds is 7. The van der Waals surface area contributed by atoms with Crippen LogP contribution in [0.4, 0.5) is 5.69 Å². The number of nitrogens with one attached hydrogen (secondary N) is 2. The van der Waals surface area contributed by atoms with Gasteiger partial charge >= 0.3 is 0 Å². The Kier molecular flexibility index (Phi) is 6.72. The quantitative estimate of drug-likeness (QED) is 0.728. The molecule has 1 fully saturated rings. The smallest absolute Gasteiger partial charge is 0.262 e. The van der Waals surface area contributed by atoms with Crippen molar-refractivity contribution < 1.29 is 13.2 Å². The minimum Gasteiger partial charge on any atom is -0.325 e. The zero-order valence-corrected chi connectivity index (χ0v) is 17.5. The maximum atomic E-state index is 12.6. The van der Waals surface area contributed by atoms with Crippen molar-refractivity contribution >= 4 is 27.5 Å². The van der Waals surface area contributed by atoms with Gasteiger partial charge in [-0.25, -0.2) is 8.42 Å². The van der Waals surface area contributed by atoms with Crippen LogP contribution in [0.1, 0.15) is 52.4 Å². The van der Waals surface area contributed by atoms with Crippen LogP contribution in [-0.4, -0.2) is 50.2 Å². The number of nitrogens with zero attached hydrogens (tertiary/aromatic N) is 2. The summed E-state index contributed by atoms with van der Waals surface area (Å²) < 4.78 is 27.6. The average molecular weight is 407 g/mol. The number of anilines is 1. The van der Waals surface area contributed by atoms with E-state index in [0.717, 1.165) is 19.3 Å². The summed E-state index contributed by atoms with van der Waals surface area (Å²) in [5.74, 6) is 0.377. The van der Waals surface area contributed by atoms with E-state index in [-0.39, 0.29) is 16.8 Å². The van der Waals surface area contributed by atoms with E-state index in [1.165, 1.54) is 25.0 Å². The van der Waals surface area contributed by atoms with E-state index >= 15 is 0 Å². The van der Waals surface area contributed by atoms with Crippen LogP contribution >= 0.6 is 0 Å². The molecule has 0 aromatic heterocycles. The molecule has 28 heavy (non-hydrogen) atoms. The summed E-state index contributed by atoms with van der Waals surface area (Å²) >= 11 is 0. The van der Waals surface area contributed by atoms with E-state index in [9.17, 15) is 13.2 Å². The van der Waals surface area contributed by atoms with Gasteiger partial charge in [0, 0.05) is 30.7 Å². The van der Waals surface area contributed by atoms with Crippen LogP contribution in [0.5, 0.6) is 0 Å². The van der Waals surface area contributed by atoms with E-state index in [2.05, 4.69) is 33.8 Å². The minimum atomic E-state index is -3.69. The molecule has 0 unspecified atom stereocenters. The Morgan fingerprint density at radius 2 is 2.00 bits per heavy atom. The lowest BCUT2D eigenvalue weighted by atomic mass is 10.1. The second-order valence-electron chi connectivity index (χ2n) is 7.82. The maximum absolute atomic E-state index is 12.6. The molecule has 0 radical (unpaired) electrons. The predicted molar refractivity (Wildman–Crippen MR) is 111 cm³/mol. The van der Waals surface area contributed by atoms with E-state index in [0.29, 0.717) is 37.1 Å². The van der Waals surface area contributed by atoms with Crippen molar-refractivity contribution in [3.05, 3.63) is 24.3 Å². The van der Waals surface area contributed by atoms with Gasteiger partial charge in [-0.05, 0) is 51.3 Å². The normalized spacial score (nSPS) is 17.9. The van der Waals surface area contributed by atoms with Crippen molar-refractivity contribution in [3.63, 3.8) is 0 Å². The average Bonchev–Trinajstić information content (AvgIpc) is 3.33. The predicted octanol–water partition coefficient (Wildman–Crippen LogP) is 2.75. The first-order valence-corrected chi connectivity index (χ1v) is 11.6. The summed E-state index contributed by atoms with van der Waals surface area (Å²) in [4.78, 5) is 19.1. The summed E-state index contributed by atoms with van der Waals surface area (Å²) in [7, 11) is -3.69. The lowest BCUT2D eigenvalue weighted by Crippen LogP contribution is -2.43. The summed E-state index contributed by atoms with van der Waals surface area (Å²) in [6, 6.07) is 7.10. The second kappa shape index (κ2) is 9.05. The molecule has 0 bridgehead atoms. The van der Waals surface area contributed by atoms with Crippen LogP contribution in [0.25, 0.3) is 0 Å². The molecule has 2 N–H and O–H groups in total. The number of carbonyl (C=O) groups excluding carboxylic acids is 1. The Balaban J connectivity index is 1.65. The molecule has 1 saturated carbocycles. The van der Waals surface area contributed by atoms with Crippen molar-refractivity contribution in [2.75, 3.05) is 18.4 Å². The molecule has 8 heteroatoms. The summed E-state index contributed by atoms with van der Waals surface area (Å²) in [6.45, 7) is 5.18. The van der Waals surface area contributed by atoms with Gasteiger partial charge in [-0.1, -0.05) is 18.9 Å². The zero-order valence-electron chi connectivity index (χ0n) is 16.6. The fourth-order valence-corrected chi connectivity index (χ4v) is 5.05. The van der Waals surface area contributed by atoms with Crippen molar-refractivity contribution in [1.29, 1.82) is 0 Å². The third-order valence-electron chi connectivity index (χ3n) is 5.34. The molecule has 154 valence electrons. The maximum Gasteiger partial charge on any atom is 0.262 e. The third kappa shape index (κ3) is 5.32. The second-order valence-corrected chi connectivity index (χ2v) is 9.50. The van der Waals surface area contributed by atoms with Gasteiger partial charge in [0.25, 0.3) is 10.0 Å². The van der Waals surface area contributed by atoms with Crippen molar-refractivity contribution in [3.8, 4) is 0 Å². The van der Waals surface area contributed by atoms with Crippen molar-refractivity contribution in [2.45, 2.75) is 69.4 Å². The fraction of sp³-hybridized carbons (Fsp3) is 0.600. The molecular formula is C20H30N4O3S. The topological polar surface area (TPSA) is 90.9 Å². The van der Waals surface area contributed by atoms with Gasteiger partial charge < -0.3 is 5.32 Å². The standard InChI is InChI=1S/C20H30N4O3S/c1-15(2)24(17-8-3-4-9-17)14-20(25)22-16-7-5-10-18(13-16)28(26,27)23-19-11-6-12-21-19/h5,7,10,13,15,17H,3-4,6,8-9,11-12,14H2,1-2H3,(H,21,23)(H,22,25). The van der Waals surface area contributed by atoms with Crippen LogP contribution in [0.3, 0.4) is 0 Å². The molecule has 1 aliphatic heterocycles. The molecule has 0 atom stereocenters. The monoisotopic (exact) mass is 406 g/mol. The molecule has 7 nitrogen and oxygen atoms in total. The van der Waals surface area contributed by atoms with Gasteiger partial charge in [0.2, 0.25) is 5.91 Å². The van der Waals surface area contributed by atoms with Gasteiger partial charge in [-0.3, -0.25) is 19.4 Å². The zero-order chi connectivity index (χ0) is 20.1. The Morgan fingerprint density at radius 1 is 1.25 bits per heavy atom. The van der Waals surface area contributed by atoms with Crippen molar-refractivity contribution in [1.82, 2.24) is 9.62 Å². The first-order valence-electron chi connectivity index (χ1n) is 10.1. The van der Waals surface area contributed by atoms with Gasteiger partial charge in [-0.15, -0.1) is 0 Å². The number of hydrogen-bond donors (Lipinski definition) is 2. The number of benzene rings is 1. The van der Waals surface area contributed by atoms with Crippen molar-refractivity contribution in [2.24, 2.45) is 4.99 Å². The number of sulfonamides is 1. The number of hydrogen-bond acceptors (Lipinski definition) is 5. The Labute approximate surface area is 167 Å². The van der Waals surface area contributed by atoms with Crippen LogP contribution in [-0.2, 0) is 14.8 Å². The minimum absolute atomic E-state index is 0.122. The molecular weight excluding hydrogens is 376 g/mol. The lowest BCUT2D eigenvalue weighted by molar-refractivity contribution is -0.118. The van der Waals surface area contributed by atoms with E-state index in [1.54, 1.807) is 12.1 Å². The van der Waals surface area contributed by atoms with Gasteiger partial charge in [0.15, 0.2) is 0 Å². The lowest BCUT2D eigenvalue weighted by Gasteiger charge is -2.31. The SMILES string of the molecule is CC(C)N(CC(=O)Nc1cccc(S(=O)(=O)NC2=NCCC2)c1)C1CCCC1. The summed E-state index contributed by atoms with van der Waals surface area (Å²) in [5.41, 5.74) is 0.483. The van der Waals surface area contributed by atoms with Crippen LogP contribution in [0, 0.1) is 0 Å². The highest BCUT2D eigenvalue weighted by atomic mass is 32.2. The van der Waals surface area contributed by atoms with Gasteiger partial charge in [0.1, 0.15) is 5.84 Å². The molecule has 3 rings (SSSR count). The Morgan fingerprint density at radius 3 is 2.64 bits per heavy atom. The van der Waals surface area contributed by atoms with E-state index in [4.69, 9.17) is 0 Å². The molecule has 1 aromatic rings. The van der Waals surface area contributed by atoms with E-state index in [1.807, 2.05) is 0 Å². The van der Waals surface area contributed by atoms with Crippen LogP contribution in [0.2, 0.25) is 0 Å². The number of aliphatic imine (C=N–C) groups is 1. The molecule has 1 aromatic carbocycles. The number of carbonyl (C=O) groups is 1. The fourth-order valence-electron chi connectivity index (χ4n) is 3.91. The summed E-state index contributed by atoms with van der Waals surface area (Å²) in [5, 5.41) is 2.85. The van der Waals surface area contributed by atoms with Crippen LogP contribution < -0.4 is 10.0 Å². The molecule has 2 aliphatic rings. The van der Waals surface area contributed by atoms with Gasteiger partial charge in [-0.2, -0.15) is 0 Å². The van der Waals surface area contributed by atoms with Gasteiger partial charge in [0.05, 0.1) is 11.4 Å². The largest absolute Gasteiger partial charge is 0.325 e. The molecule has 0 spiro atoms. The molecule has 0 saturated heterocycles. The van der Waals surface area contributed by atoms with Crippen LogP contribution in [0.15, 0.2) is 34.2 Å². The first-order chi connectivity index (χ1) is 13.3. The highest BCUT2D eigenvalue weighted by Gasteiger charge is 2.26. The Bertz CT molecular complexity index is 830.